The Morgan fingerprint density at radius 2 is 1.79 bits per heavy atom. The number of nitro groups is 1. The highest BCUT2D eigenvalue weighted by Crippen LogP contribution is 2.22. The maximum absolute atomic E-state index is 13.1. The summed E-state index contributed by atoms with van der Waals surface area (Å²) in [6.45, 7) is 0. The summed E-state index contributed by atoms with van der Waals surface area (Å²) >= 11 is 1.12. The van der Waals surface area contributed by atoms with Crippen molar-refractivity contribution in [2.24, 2.45) is 0 Å². The van der Waals surface area contributed by atoms with Crippen LogP contribution in [0, 0.1) is 21.7 Å². The Balaban J connectivity index is 1.57. The van der Waals surface area contributed by atoms with E-state index in [9.17, 15) is 23.7 Å². The SMILES string of the molecule is O=C(CSc1ccc(-c2ccc([N+](=O)[O-])cc2)nn1)Nc1ccc(F)c(F)c1. The number of carbonyl (C=O) groups excluding carboxylic acids is 1. The lowest BCUT2D eigenvalue weighted by atomic mass is 10.1. The molecule has 0 bridgehead atoms. The number of benzene rings is 2. The smallest absolute Gasteiger partial charge is 0.269 e. The van der Waals surface area contributed by atoms with Gasteiger partial charge in [-0.2, -0.15) is 0 Å². The van der Waals surface area contributed by atoms with Crippen molar-refractivity contribution >= 4 is 29.0 Å². The predicted molar refractivity (Wildman–Crippen MR) is 99.8 cm³/mol. The number of nitrogens with one attached hydrogen (secondary N) is 1. The van der Waals surface area contributed by atoms with E-state index in [1.807, 2.05) is 0 Å². The molecule has 0 fully saturated rings. The lowest BCUT2D eigenvalue weighted by Crippen LogP contribution is -2.14. The van der Waals surface area contributed by atoms with Crippen molar-refractivity contribution in [3.05, 3.63) is 76.3 Å². The van der Waals surface area contributed by atoms with Crippen LogP contribution in [0.4, 0.5) is 20.2 Å². The van der Waals surface area contributed by atoms with Crippen molar-refractivity contribution in [1.82, 2.24) is 10.2 Å². The molecule has 1 amide bonds. The lowest BCUT2D eigenvalue weighted by molar-refractivity contribution is -0.384. The molecule has 142 valence electrons. The van der Waals surface area contributed by atoms with E-state index in [2.05, 4.69) is 15.5 Å². The van der Waals surface area contributed by atoms with Crippen LogP contribution in [0.5, 0.6) is 0 Å². The first kappa shape index (κ1) is 19.4. The molecule has 1 heterocycles. The molecule has 7 nitrogen and oxygen atoms in total. The summed E-state index contributed by atoms with van der Waals surface area (Å²) in [4.78, 5) is 22.1. The van der Waals surface area contributed by atoms with Crippen molar-refractivity contribution in [2.45, 2.75) is 5.03 Å². The molecule has 0 spiro atoms. The Hall–Kier alpha value is -3.40. The topological polar surface area (TPSA) is 98.0 Å². The first-order valence-electron chi connectivity index (χ1n) is 7.88. The molecular weight excluding hydrogens is 390 g/mol. The number of hydrogen-bond donors (Lipinski definition) is 1. The number of nitro benzene ring substituents is 1. The van der Waals surface area contributed by atoms with Crippen LogP contribution >= 0.6 is 11.8 Å². The molecule has 1 aromatic heterocycles. The number of nitrogens with zero attached hydrogens (tertiary/aromatic N) is 3. The molecular formula is C18H12F2N4O3S. The molecule has 0 saturated carbocycles. The highest BCUT2D eigenvalue weighted by molar-refractivity contribution is 7.99. The Kier molecular flexibility index (Phi) is 5.90. The van der Waals surface area contributed by atoms with Gasteiger partial charge in [-0.25, -0.2) is 8.78 Å². The number of thioether (sulfide) groups is 1. The van der Waals surface area contributed by atoms with Crippen LogP contribution in [0.1, 0.15) is 0 Å². The standard InChI is InChI=1S/C18H12F2N4O3S/c19-14-6-3-12(9-15(14)20)21-17(25)10-28-18-8-7-16(22-23-18)11-1-4-13(5-2-11)24(26)27/h1-9H,10H2,(H,21,25). The number of non-ortho nitro benzene ring substituents is 1. The third kappa shape index (κ3) is 4.86. The molecule has 2 aromatic carbocycles. The van der Waals surface area contributed by atoms with Crippen LogP contribution in [0.3, 0.4) is 0 Å². The normalized spacial score (nSPS) is 10.5. The van der Waals surface area contributed by atoms with Gasteiger partial charge in [-0.05, 0) is 36.4 Å². The van der Waals surface area contributed by atoms with Gasteiger partial charge in [-0.15, -0.1) is 10.2 Å². The van der Waals surface area contributed by atoms with Gasteiger partial charge in [-0.3, -0.25) is 14.9 Å². The highest BCUT2D eigenvalue weighted by atomic mass is 32.2. The van der Waals surface area contributed by atoms with E-state index < -0.39 is 22.5 Å². The number of anilines is 1. The average Bonchev–Trinajstić information content (AvgIpc) is 2.70. The molecule has 0 atom stereocenters. The van der Waals surface area contributed by atoms with E-state index in [0.29, 0.717) is 16.3 Å². The molecule has 3 aromatic rings. The third-order valence-corrected chi connectivity index (χ3v) is 4.49. The van der Waals surface area contributed by atoms with Crippen LogP contribution in [-0.2, 0) is 4.79 Å². The third-order valence-electron chi connectivity index (χ3n) is 3.57. The Morgan fingerprint density at radius 1 is 1.04 bits per heavy atom. The van der Waals surface area contributed by atoms with Crippen molar-refractivity contribution in [1.29, 1.82) is 0 Å². The number of rotatable bonds is 6. The Bertz CT molecular complexity index is 1010. The minimum absolute atomic E-state index is 0.00452. The summed E-state index contributed by atoms with van der Waals surface area (Å²) in [5.41, 5.74) is 1.34. The number of amides is 1. The van der Waals surface area contributed by atoms with Gasteiger partial charge in [-0.1, -0.05) is 11.8 Å². The van der Waals surface area contributed by atoms with Crippen molar-refractivity contribution in [3.63, 3.8) is 0 Å². The summed E-state index contributed by atoms with van der Waals surface area (Å²) in [7, 11) is 0. The molecule has 28 heavy (non-hydrogen) atoms. The van der Waals surface area contributed by atoms with Crippen LogP contribution in [-0.4, -0.2) is 26.8 Å². The fraction of sp³-hybridized carbons (Fsp3) is 0.0556. The fourth-order valence-corrected chi connectivity index (χ4v) is 2.83. The highest BCUT2D eigenvalue weighted by Gasteiger charge is 2.09. The number of aromatic nitrogens is 2. The molecule has 0 aliphatic heterocycles. The van der Waals surface area contributed by atoms with E-state index in [4.69, 9.17) is 0 Å². The second-order valence-electron chi connectivity index (χ2n) is 5.53. The summed E-state index contributed by atoms with van der Waals surface area (Å²) in [6, 6.07) is 12.3. The second-order valence-corrected chi connectivity index (χ2v) is 6.52. The van der Waals surface area contributed by atoms with E-state index in [-0.39, 0.29) is 17.1 Å². The van der Waals surface area contributed by atoms with Crippen molar-refractivity contribution in [2.75, 3.05) is 11.1 Å². The van der Waals surface area contributed by atoms with E-state index >= 15 is 0 Å². The summed E-state index contributed by atoms with van der Waals surface area (Å²) < 4.78 is 26.0. The summed E-state index contributed by atoms with van der Waals surface area (Å²) in [5, 5.41) is 21.7. The summed E-state index contributed by atoms with van der Waals surface area (Å²) in [6.07, 6.45) is 0. The number of halogens is 2. The number of hydrogen-bond acceptors (Lipinski definition) is 6. The zero-order chi connectivity index (χ0) is 20.1. The molecule has 0 unspecified atom stereocenters. The maximum Gasteiger partial charge on any atom is 0.269 e. The predicted octanol–water partition coefficient (Wildman–Crippen LogP) is 4.06. The molecule has 1 N–H and O–H groups in total. The summed E-state index contributed by atoms with van der Waals surface area (Å²) in [5.74, 6) is -2.43. The fourth-order valence-electron chi connectivity index (χ4n) is 2.22. The van der Waals surface area contributed by atoms with Crippen molar-refractivity contribution < 1.29 is 18.5 Å². The molecule has 0 aliphatic rings. The van der Waals surface area contributed by atoms with Crippen LogP contribution in [0.15, 0.2) is 59.6 Å². The minimum Gasteiger partial charge on any atom is -0.325 e. The van der Waals surface area contributed by atoms with E-state index in [1.54, 1.807) is 24.3 Å². The van der Waals surface area contributed by atoms with Gasteiger partial charge in [0, 0.05) is 29.4 Å². The monoisotopic (exact) mass is 402 g/mol. The molecule has 10 heteroatoms. The Morgan fingerprint density at radius 3 is 2.39 bits per heavy atom. The first-order chi connectivity index (χ1) is 13.4. The largest absolute Gasteiger partial charge is 0.325 e. The maximum atomic E-state index is 13.1. The Labute approximate surface area is 162 Å². The zero-order valence-corrected chi connectivity index (χ0v) is 15.0. The van der Waals surface area contributed by atoms with Gasteiger partial charge in [0.2, 0.25) is 5.91 Å². The van der Waals surface area contributed by atoms with Gasteiger partial charge in [0.1, 0.15) is 5.03 Å². The molecule has 0 radical (unpaired) electrons. The quantitative estimate of drug-likeness (QED) is 0.379. The van der Waals surface area contributed by atoms with Gasteiger partial charge in [0.05, 0.1) is 16.4 Å². The van der Waals surface area contributed by atoms with Gasteiger partial charge < -0.3 is 5.32 Å². The van der Waals surface area contributed by atoms with Crippen LogP contribution < -0.4 is 5.32 Å². The van der Waals surface area contributed by atoms with Crippen LogP contribution in [0.2, 0.25) is 0 Å². The van der Waals surface area contributed by atoms with Gasteiger partial charge >= 0.3 is 0 Å². The zero-order valence-electron chi connectivity index (χ0n) is 14.1. The van der Waals surface area contributed by atoms with Crippen LogP contribution in [0.25, 0.3) is 11.3 Å². The average molecular weight is 402 g/mol. The van der Waals surface area contributed by atoms with Gasteiger partial charge in [0.15, 0.2) is 11.6 Å². The molecule has 0 aliphatic carbocycles. The van der Waals surface area contributed by atoms with Crippen molar-refractivity contribution in [3.8, 4) is 11.3 Å². The molecule has 3 rings (SSSR count). The van der Waals surface area contributed by atoms with E-state index in [0.717, 1.165) is 23.9 Å². The lowest BCUT2D eigenvalue weighted by Gasteiger charge is -2.05. The molecule has 0 saturated heterocycles. The van der Waals surface area contributed by atoms with Gasteiger partial charge in [0.25, 0.3) is 5.69 Å². The minimum atomic E-state index is -1.04. The van der Waals surface area contributed by atoms with E-state index in [1.165, 1.54) is 18.2 Å². The second kappa shape index (κ2) is 8.53. The number of carbonyl (C=O) groups is 1. The first-order valence-corrected chi connectivity index (χ1v) is 8.87.